The third kappa shape index (κ3) is 4.85. The first-order valence-electron chi connectivity index (χ1n) is 13.2. The molecule has 1 atom stereocenters. The van der Waals surface area contributed by atoms with Gasteiger partial charge in [0.2, 0.25) is 0 Å². The van der Waals surface area contributed by atoms with E-state index in [1.807, 2.05) is 71.8 Å². The molecule has 0 saturated carbocycles. The molecule has 1 unspecified atom stereocenters. The van der Waals surface area contributed by atoms with Crippen molar-refractivity contribution in [2.45, 2.75) is 22.4 Å². The summed E-state index contributed by atoms with van der Waals surface area (Å²) >= 11 is 1.69. The molecule has 0 spiro atoms. The quantitative estimate of drug-likeness (QED) is 0.263. The van der Waals surface area contributed by atoms with Crippen molar-refractivity contribution >= 4 is 23.1 Å². The number of hydrogen-bond donors (Lipinski definition) is 2. The van der Waals surface area contributed by atoms with Gasteiger partial charge in [-0.2, -0.15) is 0 Å². The van der Waals surface area contributed by atoms with Crippen molar-refractivity contribution in [1.29, 1.82) is 0 Å². The van der Waals surface area contributed by atoms with Crippen LogP contribution in [0.5, 0.6) is 11.5 Å². The van der Waals surface area contributed by atoms with Crippen LogP contribution in [0.4, 0.5) is 11.4 Å². The molecule has 0 bridgehead atoms. The number of hydrogen-bond acceptors (Lipinski definition) is 7. The molecule has 8 nitrogen and oxygen atoms in total. The molecule has 200 valence electrons. The molecular weight excluding hydrogens is 522 g/mol. The number of H-pyrrole nitrogens is 1. The molecule has 1 fully saturated rings. The number of morpholine rings is 1. The van der Waals surface area contributed by atoms with Crippen LogP contribution in [-0.4, -0.2) is 34.2 Å². The number of anilines is 2. The summed E-state index contributed by atoms with van der Waals surface area (Å²) in [5.74, 6) is 1.64. The van der Waals surface area contributed by atoms with E-state index in [1.54, 1.807) is 18.0 Å². The molecule has 0 radical (unpaired) electrons. The van der Waals surface area contributed by atoms with Crippen molar-refractivity contribution < 1.29 is 9.47 Å². The number of benzene rings is 2. The van der Waals surface area contributed by atoms with E-state index in [1.165, 1.54) is 0 Å². The van der Waals surface area contributed by atoms with Crippen LogP contribution in [0.15, 0.2) is 112 Å². The van der Waals surface area contributed by atoms with Crippen LogP contribution in [0.2, 0.25) is 0 Å². The van der Waals surface area contributed by atoms with Crippen LogP contribution in [0.25, 0.3) is 5.69 Å². The molecule has 2 N–H and O–H groups in total. The van der Waals surface area contributed by atoms with Crippen molar-refractivity contribution in [3.8, 4) is 17.2 Å². The summed E-state index contributed by atoms with van der Waals surface area (Å²) in [4.78, 5) is 23.7. The van der Waals surface area contributed by atoms with Crippen molar-refractivity contribution in [2.75, 3.05) is 29.9 Å². The summed E-state index contributed by atoms with van der Waals surface area (Å²) in [5.41, 5.74) is 4.71. The highest BCUT2D eigenvalue weighted by Gasteiger charge is 2.29. The van der Waals surface area contributed by atoms with Gasteiger partial charge in [-0.25, -0.2) is 0 Å². The summed E-state index contributed by atoms with van der Waals surface area (Å²) in [6, 6.07) is 22.2. The Bertz CT molecular complexity index is 1720. The SMILES string of the molecule is O=c1[nH]cccc1N1CCOC(c2cccc3c2Oc2ccc(NCc4cncc(-n5cccc5)c4)cc2S3)C1. The minimum absolute atomic E-state index is 0.0896. The molecule has 2 aliphatic heterocycles. The number of aromatic nitrogens is 3. The van der Waals surface area contributed by atoms with Gasteiger partial charge in [0.25, 0.3) is 5.56 Å². The van der Waals surface area contributed by atoms with Crippen molar-refractivity contribution in [2.24, 2.45) is 0 Å². The maximum atomic E-state index is 12.4. The standard InChI is InChI=1S/C31H27N5O3S/c37-31-25(6-4-10-33-31)36-13-14-38-27(20-36)24-5-3-7-28-30(24)39-26-9-8-22(16-29(26)40-28)34-18-21-15-23(19-32-17-21)35-11-1-2-12-35/h1-12,15-17,19,27,34H,13-14,18,20H2,(H,33,37). The van der Waals surface area contributed by atoms with Crippen molar-refractivity contribution in [1.82, 2.24) is 14.5 Å². The lowest BCUT2D eigenvalue weighted by molar-refractivity contribution is 0.0382. The second kappa shape index (κ2) is 10.6. The molecule has 7 rings (SSSR count). The number of ether oxygens (including phenoxy) is 2. The molecule has 5 heterocycles. The van der Waals surface area contributed by atoms with Crippen molar-refractivity contribution in [3.05, 3.63) is 119 Å². The maximum Gasteiger partial charge on any atom is 0.271 e. The van der Waals surface area contributed by atoms with Gasteiger partial charge in [0.15, 0.2) is 0 Å². The number of rotatable bonds is 6. The van der Waals surface area contributed by atoms with E-state index in [9.17, 15) is 4.79 Å². The summed E-state index contributed by atoms with van der Waals surface area (Å²) < 4.78 is 14.7. The number of para-hydroxylation sites is 1. The second-order valence-electron chi connectivity index (χ2n) is 9.73. The second-order valence-corrected chi connectivity index (χ2v) is 10.8. The number of fused-ring (bicyclic) bond motifs is 2. The molecule has 5 aromatic rings. The Kier molecular flexibility index (Phi) is 6.51. The van der Waals surface area contributed by atoms with Gasteiger partial charge in [-0.3, -0.25) is 9.78 Å². The molecule has 2 aromatic carbocycles. The van der Waals surface area contributed by atoms with E-state index in [-0.39, 0.29) is 11.7 Å². The lowest BCUT2D eigenvalue weighted by Crippen LogP contribution is -2.41. The zero-order valence-corrected chi connectivity index (χ0v) is 22.4. The zero-order valence-electron chi connectivity index (χ0n) is 21.6. The van der Waals surface area contributed by atoms with Crippen LogP contribution >= 0.6 is 11.8 Å². The fraction of sp³-hybridized carbons (Fsp3) is 0.161. The van der Waals surface area contributed by atoms with E-state index >= 15 is 0 Å². The fourth-order valence-corrected chi connectivity index (χ4v) is 6.16. The normalized spacial score (nSPS) is 16.1. The highest BCUT2D eigenvalue weighted by molar-refractivity contribution is 7.99. The van der Waals surface area contributed by atoms with Crippen LogP contribution in [0.3, 0.4) is 0 Å². The van der Waals surface area contributed by atoms with Gasteiger partial charge in [0.1, 0.15) is 23.3 Å². The number of pyridine rings is 2. The van der Waals surface area contributed by atoms with Gasteiger partial charge < -0.3 is 29.2 Å². The lowest BCUT2D eigenvalue weighted by atomic mass is 10.1. The van der Waals surface area contributed by atoms with Crippen LogP contribution in [0, 0.1) is 0 Å². The molecule has 9 heteroatoms. The van der Waals surface area contributed by atoms with Gasteiger partial charge in [-0.05, 0) is 60.2 Å². The number of aromatic amines is 1. The van der Waals surface area contributed by atoms with Gasteiger partial charge in [-0.1, -0.05) is 23.9 Å². The Morgan fingerprint density at radius 3 is 2.85 bits per heavy atom. The number of nitrogens with one attached hydrogen (secondary N) is 2. The summed E-state index contributed by atoms with van der Waals surface area (Å²) in [5, 5.41) is 3.52. The van der Waals surface area contributed by atoms with Gasteiger partial charge in [0.05, 0.1) is 28.3 Å². The Morgan fingerprint density at radius 2 is 1.95 bits per heavy atom. The topological polar surface area (TPSA) is 84.4 Å². The highest BCUT2D eigenvalue weighted by Crippen LogP contribution is 2.50. The van der Waals surface area contributed by atoms with Gasteiger partial charge in [0, 0.05) is 55.7 Å². The Hall–Kier alpha value is -4.47. The maximum absolute atomic E-state index is 12.4. The van der Waals surface area contributed by atoms with Crippen LogP contribution in [-0.2, 0) is 11.3 Å². The molecule has 40 heavy (non-hydrogen) atoms. The number of nitrogens with zero attached hydrogens (tertiary/aromatic N) is 3. The van der Waals surface area contributed by atoms with Crippen LogP contribution < -0.4 is 20.5 Å². The van der Waals surface area contributed by atoms with E-state index < -0.39 is 0 Å². The third-order valence-corrected chi connectivity index (χ3v) is 8.20. The predicted molar refractivity (Wildman–Crippen MR) is 156 cm³/mol. The van der Waals surface area contributed by atoms with Crippen LogP contribution in [0.1, 0.15) is 17.2 Å². The monoisotopic (exact) mass is 549 g/mol. The largest absolute Gasteiger partial charge is 0.455 e. The average Bonchev–Trinajstić information content (AvgIpc) is 3.55. The summed E-state index contributed by atoms with van der Waals surface area (Å²) in [7, 11) is 0. The Labute approximate surface area is 235 Å². The lowest BCUT2D eigenvalue weighted by Gasteiger charge is -2.35. The summed E-state index contributed by atoms with van der Waals surface area (Å²) in [6.45, 7) is 2.44. The predicted octanol–water partition coefficient (Wildman–Crippen LogP) is 6.01. The average molecular weight is 550 g/mol. The van der Waals surface area contributed by atoms with Crippen molar-refractivity contribution in [3.63, 3.8) is 0 Å². The van der Waals surface area contributed by atoms with E-state index in [2.05, 4.69) is 44.5 Å². The third-order valence-electron chi connectivity index (χ3n) is 7.12. The first-order chi connectivity index (χ1) is 19.7. The Balaban J connectivity index is 1.07. The summed E-state index contributed by atoms with van der Waals surface area (Å²) in [6.07, 6.45) is 9.22. The Morgan fingerprint density at radius 1 is 1.02 bits per heavy atom. The molecule has 2 aliphatic rings. The van der Waals surface area contributed by atoms with E-state index in [4.69, 9.17) is 9.47 Å². The van der Waals surface area contributed by atoms with Gasteiger partial charge >= 0.3 is 0 Å². The van der Waals surface area contributed by atoms with Gasteiger partial charge in [-0.15, -0.1) is 0 Å². The molecule has 1 saturated heterocycles. The molecule has 3 aromatic heterocycles. The van der Waals surface area contributed by atoms with E-state index in [0.717, 1.165) is 43.8 Å². The molecular formula is C31H27N5O3S. The molecule has 0 amide bonds. The first-order valence-corrected chi connectivity index (χ1v) is 14.0. The minimum Gasteiger partial charge on any atom is -0.455 e. The zero-order chi connectivity index (χ0) is 26.9. The smallest absolute Gasteiger partial charge is 0.271 e. The van der Waals surface area contributed by atoms with E-state index in [0.29, 0.717) is 31.9 Å². The first kappa shape index (κ1) is 24.6. The molecule has 0 aliphatic carbocycles. The fourth-order valence-electron chi connectivity index (χ4n) is 5.13. The minimum atomic E-state index is -0.206. The highest BCUT2D eigenvalue weighted by atomic mass is 32.2.